The molecule has 3 aromatic rings. The van der Waals surface area contributed by atoms with E-state index in [1.54, 1.807) is 26.4 Å². The third-order valence-electron chi connectivity index (χ3n) is 9.92. The summed E-state index contributed by atoms with van der Waals surface area (Å²) in [4.78, 5) is 33.4. The fourth-order valence-electron chi connectivity index (χ4n) is 7.98. The Balaban J connectivity index is 1.29. The van der Waals surface area contributed by atoms with Crippen LogP contribution >= 0.6 is 0 Å². The van der Waals surface area contributed by atoms with Crippen LogP contribution in [0.3, 0.4) is 0 Å². The molecule has 3 aliphatic rings. The number of nitrogens with zero attached hydrogens (tertiary/aromatic N) is 1. The molecule has 1 aromatic heterocycles. The molecule has 0 radical (unpaired) electrons. The topological polar surface area (TPSA) is 118 Å². The molecule has 11 heteroatoms. The molecule has 2 fully saturated rings. The number of hydrogen-bond donors (Lipinski definition) is 1. The van der Waals surface area contributed by atoms with Crippen LogP contribution in [0.4, 0.5) is 0 Å². The molecule has 1 saturated carbocycles. The van der Waals surface area contributed by atoms with E-state index in [0.717, 1.165) is 37.2 Å². The van der Waals surface area contributed by atoms with Gasteiger partial charge in [0.05, 0.1) is 52.1 Å². The molecule has 1 N–H and O–H groups in total. The summed E-state index contributed by atoms with van der Waals surface area (Å²) >= 11 is 0. The maximum atomic E-state index is 13.7. The largest absolute Gasteiger partial charge is 0.497 e. The summed E-state index contributed by atoms with van der Waals surface area (Å²) < 4.78 is 40.0. The van der Waals surface area contributed by atoms with Crippen molar-refractivity contribution in [2.24, 2.45) is 17.8 Å². The minimum absolute atomic E-state index is 0.0180. The van der Waals surface area contributed by atoms with Crippen LogP contribution in [0.5, 0.6) is 23.0 Å². The average Bonchev–Trinajstić information content (AvgIpc) is 3.45. The molecular formula is C35H44N2O9. The van der Waals surface area contributed by atoms with E-state index in [4.69, 9.17) is 33.2 Å². The lowest BCUT2D eigenvalue weighted by molar-refractivity contribution is -0.176. The minimum atomic E-state index is -0.671. The third-order valence-corrected chi connectivity index (χ3v) is 9.92. The lowest BCUT2D eigenvalue weighted by Crippen LogP contribution is -2.58. The van der Waals surface area contributed by atoms with Crippen LogP contribution in [-0.4, -0.2) is 88.8 Å². The zero-order valence-corrected chi connectivity index (χ0v) is 27.4. The number of rotatable bonds is 10. The van der Waals surface area contributed by atoms with Crippen LogP contribution in [0.1, 0.15) is 54.3 Å². The Hall–Kier alpha value is -3.96. The highest BCUT2D eigenvalue weighted by Crippen LogP contribution is 2.51. The van der Waals surface area contributed by atoms with Gasteiger partial charge >= 0.3 is 11.9 Å². The van der Waals surface area contributed by atoms with Gasteiger partial charge in [0.25, 0.3) is 0 Å². The Morgan fingerprint density at radius 1 is 0.957 bits per heavy atom. The summed E-state index contributed by atoms with van der Waals surface area (Å²) in [6.07, 6.45) is 0.922. The molecule has 0 unspecified atom stereocenters. The van der Waals surface area contributed by atoms with Crippen molar-refractivity contribution in [3.63, 3.8) is 0 Å². The van der Waals surface area contributed by atoms with Crippen molar-refractivity contribution >= 4 is 22.8 Å². The van der Waals surface area contributed by atoms with Gasteiger partial charge in [0.1, 0.15) is 18.0 Å². The standard InChI is InChI=1S/C35H44N2O9/c1-7-44-27-13-19(14-28(45-8-2)32(27)41-4)34(38)46-29-15-20-18-37-12-11-23-22-10-9-21(40-3)16-25(22)36-31(23)26(37)17-24(20)30(33(29)42-5)35(39)43-6/h9-10,13-14,16,20,24,26,29-30,33,36H,7-8,11-12,15,17-18H2,1-6H3/t20-,24+,26-,29-,30-,33+/m1/s1. The Labute approximate surface area is 269 Å². The van der Waals surface area contributed by atoms with Crippen LogP contribution in [0, 0.1) is 17.8 Å². The molecule has 6 rings (SSSR count). The van der Waals surface area contributed by atoms with E-state index in [2.05, 4.69) is 16.0 Å². The number of nitrogens with one attached hydrogen (secondary N) is 1. The van der Waals surface area contributed by atoms with Crippen molar-refractivity contribution in [3.8, 4) is 23.0 Å². The maximum absolute atomic E-state index is 13.7. The first-order valence-corrected chi connectivity index (χ1v) is 16.1. The Morgan fingerprint density at radius 3 is 2.33 bits per heavy atom. The van der Waals surface area contributed by atoms with Crippen molar-refractivity contribution < 1.29 is 42.7 Å². The smallest absolute Gasteiger partial charge is 0.338 e. The van der Waals surface area contributed by atoms with Gasteiger partial charge in [0, 0.05) is 42.9 Å². The predicted molar refractivity (Wildman–Crippen MR) is 170 cm³/mol. The van der Waals surface area contributed by atoms with Crippen LogP contribution in [0.15, 0.2) is 30.3 Å². The molecule has 2 aromatic carbocycles. The maximum Gasteiger partial charge on any atom is 0.338 e. The lowest BCUT2D eigenvalue weighted by Gasteiger charge is -2.52. The molecule has 0 bridgehead atoms. The summed E-state index contributed by atoms with van der Waals surface area (Å²) in [6, 6.07) is 9.50. The molecule has 0 spiro atoms. The van der Waals surface area contributed by atoms with Gasteiger partial charge in [0.2, 0.25) is 5.75 Å². The molecule has 1 saturated heterocycles. The number of hydrogen-bond acceptors (Lipinski definition) is 10. The number of aromatic nitrogens is 1. The Morgan fingerprint density at radius 2 is 1.70 bits per heavy atom. The Kier molecular flexibility index (Phi) is 9.33. The number of piperidine rings is 1. The van der Waals surface area contributed by atoms with Gasteiger partial charge in [-0.1, -0.05) is 0 Å². The number of aromatic amines is 1. The molecule has 46 heavy (non-hydrogen) atoms. The highest BCUT2D eigenvalue weighted by atomic mass is 16.6. The van der Waals surface area contributed by atoms with Gasteiger partial charge in [-0.15, -0.1) is 0 Å². The fraction of sp³-hybridized carbons (Fsp3) is 0.543. The van der Waals surface area contributed by atoms with E-state index in [1.807, 2.05) is 26.0 Å². The van der Waals surface area contributed by atoms with E-state index < -0.39 is 24.1 Å². The van der Waals surface area contributed by atoms with E-state index >= 15 is 0 Å². The molecule has 3 heterocycles. The van der Waals surface area contributed by atoms with Crippen molar-refractivity contribution in [1.29, 1.82) is 0 Å². The summed E-state index contributed by atoms with van der Waals surface area (Å²) in [5.41, 5.74) is 3.85. The molecule has 2 aliphatic heterocycles. The number of fused-ring (bicyclic) bond motifs is 6. The molecule has 248 valence electrons. The molecule has 0 amide bonds. The summed E-state index contributed by atoms with van der Waals surface area (Å²) in [5.74, 6) is 0.583. The number of methoxy groups -OCH3 is 4. The van der Waals surface area contributed by atoms with E-state index in [0.29, 0.717) is 36.9 Å². The summed E-state index contributed by atoms with van der Waals surface area (Å²) in [6.45, 7) is 6.15. The summed E-state index contributed by atoms with van der Waals surface area (Å²) in [5, 5.41) is 1.21. The zero-order valence-electron chi connectivity index (χ0n) is 27.4. The zero-order chi connectivity index (χ0) is 32.5. The van der Waals surface area contributed by atoms with E-state index in [-0.39, 0.29) is 29.4 Å². The number of ether oxygens (including phenoxy) is 7. The van der Waals surface area contributed by atoms with Crippen molar-refractivity contribution in [2.75, 3.05) is 54.7 Å². The lowest BCUT2D eigenvalue weighted by atomic mass is 9.63. The van der Waals surface area contributed by atoms with Crippen LogP contribution in [-0.2, 0) is 25.4 Å². The first-order valence-electron chi connectivity index (χ1n) is 16.1. The highest BCUT2D eigenvalue weighted by molar-refractivity contribution is 5.91. The molecular weight excluding hydrogens is 592 g/mol. The van der Waals surface area contributed by atoms with E-state index in [1.165, 1.54) is 30.9 Å². The van der Waals surface area contributed by atoms with Gasteiger partial charge in [-0.2, -0.15) is 0 Å². The number of carbonyl (C=O) groups is 2. The van der Waals surface area contributed by atoms with Gasteiger partial charge in [-0.3, -0.25) is 9.69 Å². The second-order valence-electron chi connectivity index (χ2n) is 12.1. The highest BCUT2D eigenvalue weighted by Gasteiger charge is 2.54. The minimum Gasteiger partial charge on any atom is -0.497 e. The molecule has 11 nitrogen and oxygen atoms in total. The number of benzene rings is 2. The summed E-state index contributed by atoms with van der Waals surface area (Å²) in [7, 11) is 6.17. The average molecular weight is 637 g/mol. The SMILES string of the molecule is CCOc1cc(C(=O)O[C@@H]2C[C@@H]3CN4CCc5c([nH]c6cc(OC)ccc56)[C@H]4C[C@@H]3[C@@H](C(=O)OC)[C@H]2OC)cc(OCC)c1OC. The van der Waals surface area contributed by atoms with Crippen molar-refractivity contribution in [2.45, 2.75) is 51.4 Å². The predicted octanol–water partition coefficient (Wildman–Crippen LogP) is 4.95. The van der Waals surface area contributed by atoms with Crippen molar-refractivity contribution in [1.82, 2.24) is 9.88 Å². The first kappa shape index (κ1) is 32.0. The van der Waals surface area contributed by atoms with Gasteiger partial charge in [-0.25, -0.2) is 4.79 Å². The molecule has 6 atom stereocenters. The van der Waals surface area contributed by atoms with Gasteiger partial charge in [-0.05, 0) is 74.8 Å². The van der Waals surface area contributed by atoms with Crippen LogP contribution in [0.25, 0.3) is 10.9 Å². The molecule has 1 aliphatic carbocycles. The first-order chi connectivity index (χ1) is 22.3. The van der Waals surface area contributed by atoms with Gasteiger partial charge < -0.3 is 38.1 Å². The van der Waals surface area contributed by atoms with Crippen LogP contribution < -0.4 is 18.9 Å². The number of esters is 2. The number of carbonyl (C=O) groups excluding carboxylic acids is 2. The second-order valence-corrected chi connectivity index (χ2v) is 12.1. The normalized spacial score (nSPS) is 25.5. The van der Waals surface area contributed by atoms with Crippen LogP contribution in [0.2, 0.25) is 0 Å². The number of H-pyrrole nitrogens is 1. The quantitative estimate of drug-likeness (QED) is 0.306. The second kappa shape index (κ2) is 13.4. The van der Waals surface area contributed by atoms with Crippen molar-refractivity contribution in [3.05, 3.63) is 47.2 Å². The monoisotopic (exact) mass is 636 g/mol. The fourth-order valence-corrected chi connectivity index (χ4v) is 7.98. The third kappa shape index (κ3) is 5.64. The van der Waals surface area contributed by atoms with Gasteiger partial charge in [0.15, 0.2) is 11.5 Å². The van der Waals surface area contributed by atoms with E-state index in [9.17, 15) is 9.59 Å². The Bertz CT molecular complexity index is 1560.